The Morgan fingerprint density at radius 1 is 0.935 bits per heavy atom. The Morgan fingerprint density at radius 3 is 2.23 bits per heavy atom. The van der Waals surface area contributed by atoms with Crippen LogP contribution in [0.5, 0.6) is 5.75 Å². The normalized spacial score (nSPS) is 17.4. The fourth-order valence-corrected chi connectivity index (χ4v) is 4.28. The molecule has 1 aliphatic rings. The molecule has 0 unspecified atom stereocenters. The summed E-state index contributed by atoms with van der Waals surface area (Å²) in [7, 11) is 0. The summed E-state index contributed by atoms with van der Waals surface area (Å²) >= 11 is 0. The van der Waals surface area contributed by atoms with Crippen molar-refractivity contribution >= 4 is 17.6 Å². The third kappa shape index (κ3) is 4.56. The van der Waals surface area contributed by atoms with Crippen LogP contribution >= 0.6 is 0 Å². The zero-order valence-corrected chi connectivity index (χ0v) is 18.2. The van der Waals surface area contributed by atoms with Crippen LogP contribution in [0.25, 0.3) is 11.6 Å². The first-order valence-electron chi connectivity index (χ1n) is 11.0. The van der Waals surface area contributed by atoms with Crippen LogP contribution in [0.2, 0.25) is 0 Å². The molecule has 1 N–H and O–H groups in total. The second-order valence-corrected chi connectivity index (χ2v) is 8.09. The predicted octanol–water partition coefficient (Wildman–Crippen LogP) is 6.43. The van der Waals surface area contributed by atoms with Gasteiger partial charge in [0.25, 0.3) is 5.91 Å². The van der Waals surface area contributed by atoms with E-state index < -0.39 is 0 Å². The lowest BCUT2D eigenvalue weighted by Crippen LogP contribution is -2.44. The fraction of sp³-hybridized carbons (Fsp3) is 0.250. The van der Waals surface area contributed by atoms with Crippen LogP contribution in [0.1, 0.15) is 55.8 Å². The summed E-state index contributed by atoms with van der Waals surface area (Å²) in [5, 5.41) is 3.33. The molecule has 1 amide bonds. The molecule has 0 spiro atoms. The van der Waals surface area contributed by atoms with Crippen molar-refractivity contribution in [2.24, 2.45) is 0 Å². The molecule has 0 saturated carbocycles. The van der Waals surface area contributed by atoms with E-state index >= 15 is 0 Å². The minimum absolute atomic E-state index is 0.0714. The van der Waals surface area contributed by atoms with Crippen LogP contribution < -0.4 is 10.1 Å². The van der Waals surface area contributed by atoms with E-state index in [2.05, 4.69) is 25.2 Å². The van der Waals surface area contributed by atoms with Crippen molar-refractivity contribution in [2.45, 2.75) is 44.8 Å². The lowest BCUT2D eigenvalue weighted by Gasteiger charge is -2.41. The number of rotatable bonds is 6. The zero-order valence-electron chi connectivity index (χ0n) is 18.2. The minimum atomic E-state index is -0.262. The number of hydrogen-bond acceptors (Lipinski definition) is 2. The Morgan fingerprint density at radius 2 is 1.55 bits per heavy atom. The fourth-order valence-electron chi connectivity index (χ4n) is 4.28. The van der Waals surface area contributed by atoms with Crippen LogP contribution in [0.4, 0.5) is 0 Å². The van der Waals surface area contributed by atoms with Gasteiger partial charge < -0.3 is 10.1 Å². The summed E-state index contributed by atoms with van der Waals surface area (Å²) < 4.78 is 6.40. The maximum atomic E-state index is 13.6. The highest BCUT2D eigenvalue weighted by atomic mass is 16.5. The summed E-state index contributed by atoms with van der Waals surface area (Å²) in [5.74, 6) is 0.800. The molecule has 4 rings (SSSR count). The first kappa shape index (κ1) is 20.9. The number of ether oxygens (including phenoxy) is 1. The molecule has 0 saturated heterocycles. The first-order chi connectivity index (χ1) is 15.1. The Hall–Kier alpha value is -3.33. The molecular formula is C28H29NO2. The van der Waals surface area contributed by atoms with Crippen molar-refractivity contribution in [3.05, 3.63) is 102 Å². The molecule has 31 heavy (non-hydrogen) atoms. The molecular weight excluding hydrogens is 382 g/mol. The molecule has 158 valence electrons. The molecule has 0 bridgehead atoms. The second kappa shape index (κ2) is 9.22. The average molecular weight is 412 g/mol. The first-order valence-corrected chi connectivity index (χ1v) is 11.0. The maximum Gasteiger partial charge on any atom is 0.252 e. The number of para-hydroxylation sites is 1. The average Bonchev–Trinajstić information content (AvgIpc) is 2.83. The summed E-state index contributed by atoms with van der Waals surface area (Å²) in [4.78, 5) is 13.6. The second-order valence-electron chi connectivity index (χ2n) is 8.09. The SMILES string of the molecule is CCC1(CC)C[C@@H](NC(=O)/C(=C/c2ccccc2)c2ccccc2)c2ccccc2O1. The van der Waals surface area contributed by atoms with Gasteiger partial charge in [-0.2, -0.15) is 0 Å². The zero-order chi connectivity index (χ0) is 21.7. The van der Waals surface area contributed by atoms with Gasteiger partial charge in [0.05, 0.1) is 6.04 Å². The van der Waals surface area contributed by atoms with Crippen molar-refractivity contribution in [3.8, 4) is 5.75 Å². The van der Waals surface area contributed by atoms with Crippen LogP contribution in [0, 0.1) is 0 Å². The molecule has 0 aromatic heterocycles. The van der Waals surface area contributed by atoms with E-state index in [9.17, 15) is 4.79 Å². The van der Waals surface area contributed by atoms with Gasteiger partial charge in [-0.25, -0.2) is 0 Å². The van der Waals surface area contributed by atoms with Gasteiger partial charge in [-0.1, -0.05) is 92.7 Å². The largest absolute Gasteiger partial charge is 0.487 e. The third-order valence-electron chi connectivity index (χ3n) is 6.23. The number of nitrogens with one attached hydrogen (secondary N) is 1. The van der Waals surface area contributed by atoms with Gasteiger partial charge in [0.15, 0.2) is 0 Å². The summed E-state index contributed by atoms with van der Waals surface area (Å²) in [5.41, 5.74) is 3.35. The van der Waals surface area contributed by atoms with E-state index in [1.165, 1.54) is 0 Å². The van der Waals surface area contributed by atoms with E-state index in [1.807, 2.05) is 84.9 Å². The summed E-state index contributed by atoms with van der Waals surface area (Å²) in [6.07, 6.45) is 4.52. The van der Waals surface area contributed by atoms with Gasteiger partial charge in [0.2, 0.25) is 0 Å². The molecule has 0 radical (unpaired) electrons. The highest BCUT2D eigenvalue weighted by Gasteiger charge is 2.39. The lowest BCUT2D eigenvalue weighted by atomic mass is 9.83. The Kier molecular flexibility index (Phi) is 6.22. The maximum absolute atomic E-state index is 13.6. The highest BCUT2D eigenvalue weighted by Crippen LogP contribution is 2.42. The Bertz CT molecular complexity index is 1050. The van der Waals surface area contributed by atoms with Gasteiger partial charge in [-0.15, -0.1) is 0 Å². The molecule has 0 aliphatic carbocycles. The molecule has 3 aromatic rings. The molecule has 3 nitrogen and oxygen atoms in total. The lowest BCUT2D eigenvalue weighted by molar-refractivity contribution is -0.117. The number of carbonyl (C=O) groups excluding carboxylic acids is 1. The van der Waals surface area contributed by atoms with Gasteiger partial charge in [-0.3, -0.25) is 4.79 Å². The van der Waals surface area contributed by atoms with Gasteiger partial charge in [0, 0.05) is 17.6 Å². The van der Waals surface area contributed by atoms with Gasteiger partial charge >= 0.3 is 0 Å². The Labute approximate surface area is 184 Å². The summed E-state index contributed by atoms with van der Waals surface area (Å²) in [6, 6.07) is 27.8. The Balaban J connectivity index is 1.69. The van der Waals surface area contributed by atoms with Crippen molar-refractivity contribution in [3.63, 3.8) is 0 Å². The van der Waals surface area contributed by atoms with Crippen LogP contribution in [-0.2, 0) is 4.79 Å². The van der Waals surface area contributed by atoms with E-state index in [0.29, 0.717) is 5.57 Å². The topological polar surface area (TPSA) is 38.3 Å². The van der Waals surface area contributed by atoms with E-state index in [0.717, 1.165) is 41.7 Å². The number of amides is 1. The number of benzene rings is 3. The van der Waals surface area contributed by atoms with Crippen molar-refractivity contribution < 1.29 is 9.53 Å². The van der Waals surface area contributed by atoms with Crippen molar-refractivity contribution in [1.82, 2.24) is 5.32 Å². The highest BCUT2D eigenvalue weighted by molar-refractivity contribution is 6.24. The number of fused-ring (bicyclic) bond motifs is 1. The molecule has 3 aromatic carbocycles. The molecule has 0 fully saturated rings. The van der Waals surface area contributed by atoms with Gasteiger partial charge in [0.1, 0.15) is 11.4 Å². The van der Waals surface area contributed by atoms with Crippen LogP contribution in [-0.4, -0.2) is 11.5 Å². The minimum Gasteiger partial charge on any atom is -0.487 e. The number of hydrogen-bond donors (Lipinski definition) is 1. The molecule has 1 atom stereocenters. The van der Waals surface area contributed by atoms with Crippen molar-refractivity contribution in [2.75, 3.05) is 0 Å². The smallest absolute Gasteiger partial charge is 0.252 e. The molecule has 1 heterocycles. The van der Waals surface area contributed by atoms with Gasteiger partial charge in [-0.05, 0) is 36.1 Å². The summed E-state index contributed by atoms with van der Waals surface area (Å²) in [6.45, 7) is 4.31. The van der Waals surface area contributed by atoms with Crippen LogP contribution in [0.15, 0.2) is 84.9 Å². The molecule has 3 heteroatoms. The third-order valence-corrected chi connectivity index (χ3v) is 6.23. The standard InChI is InChI=1S/C28H29NO2/c1-3-28(4-2)20-25(23-17-11-12-18-26(23)31-28)29-27(30)24(22-15-9-6-10-16-22)19-21-13-7-5-8-14-21/h5-19,25H,3-4,20H2,1-2H3,(H,29,30)/b24-19+/t25-/m1/s1. The van der Waals surface area contributed by atoms with E-state index in [4.69, 9.17) is 4.74 Å². The van der Waals surface area contributed by atoms with Crippen LogP contribution in [0.3, 0.4) is 0 Å². The van der Waals surface area contributed by atoms with Crippen molar-refractivity contribution in [1.29, 1.82) is 0 Å². The quantitative estimate of drug-likeness (QED) is 0.375. The monoisotopic (exact) mass is 411 g/mol. The number of carbonyl (C=O) groups is 1. The predicted molar refractivity (Wildman–Crippen MR) is 127 cm³/mol. The van der Waals surface area contributed by atoms with E-state index in [1.54, 1.807) is 0 Å². The molecule has 1 aliphatic heterocycles. The van der Waals surface area contributed by atoms with E-state index in [-0.39, 0.29) is 17.6 Å².